The number of hydrogen-bond donors (Lipinski definition) is 0. The van der Waals surface area contributed by atoms with Gasteiger partial charge in [-0.05, 0) is 99.2 Å². The number of hydrogen-bond acceptors (Lipinski definition) is 2. The monoisotopic (exact) mass is 494 g/mol. The summed E-state index contributed by atoms with van der Waals surface area (Å²) in [5.41, 5.74) is 1.49. The van der Waals surface area contributed by atoms with Crippen LogP contribution in [0.25, 0.3) is 0 Å². The molecule has 0 aromatic heterocycles. The van der Waals surface area contributed by atoms with Gasteiger partial charge in [0.1, 0.15) is 5.75 Å². The zero-order valence-corrected chi connectivity index (χ0v) is 23.5. The number of rotatable bonds is 13. The molecule has 3 aliphatic carbocycles. The van der Waals surface area contributed by atoms with E-state index in [1.165, 1.54) is 108 Å². The molecule has 2 nitrogen and oxygen atoms in total. The summed E-state index contributed by atoms with van der Waals surface area (Å²) in [6.45, 7) is 6.43. The molecule has 0 bridgehead atoms. The summed E-state index contributed by atoms with van der Waals surface area (Å²) in [7, 11) is 0. The molecular formula is C34H54O2. The Morgan fingerprint density at radius 3 is 2.00 bits per heavy atom. The highest BCUT2D eigenvalue weighted by Gasteiger charge is 2.25. The van der Waals surface area contributed by atoms with E-state index >= 15 is 0 Å². The van der Waals surface area contributed by atoms with E-state index in [0.29, 0.717) is 17.9 Å². The molecule has 2 saturated carbocycles. The second-order valence-electron chi connectivity index (χ2n) is 12.3. The Balaban J connectivity index is 1.10. The van der Waals surface area contributed by atoms with E-state index in [4.69, 9.17) is 9.47 Å². The Labute approximate surface area is 222 Å². The average Bonchev–Trinajstić information content (AvgIpc) is 2.93. The van der Waals surface area contributed by atoms with Gasteiger partial charge >= 0.3 is 0 Å². The normalized spacial score (nSPS) is 30.8. The molecule has 0 spiro atoms. The van der Waals surface area contributed by atoms with Crippen molar-refractivity contribution in [3.05, 3.63) is 42.0 Å². The van der Waals surface area contributed by atoms with Gasteiger partial charge in [-0.25, -0.2) is 0 Å². The minimum atomic E-state index is 0.465. The van der Waals surface area contributed by atoms with Crippen LogP contribution < -0.4 is 4.74 Å². The van der Waals surface area contributed by atoms with Gasteiger partial charge in [0.05, 0.1) is 19.3 Å². The van der Waals surface area contributed by atoms with Crippen LogP contribution in [0.5, 0.6) is 5.75 Å². The zero-order valence-electron chi connectivity index (χ0n) is 23.5. The number of ether oxygens (including phenoxy) is 2. The third-order valence-electron chi connectivity index (χ3n) is 9.46. The molecule has 36 heavy (non-hydrogen) atoms. The Kier molecular flexibility index (Phi) is 11.7. The summed E-state index contributed by atoms with van der Waals surface area (Å²) in [6.07, 6.45) is 26.8. The molecule has 2 unspecified atom stereocenters. The van der Waals surface area contributed by atoms with Gasteiger partial charge in [0, 0.05) is 5.92 Å². The fourth-order valence-corrected chi connectivity index (χ4v) is 6.93. The smallest absolute Gasteiger partial charge is 0.119 e. The van der Waals surface area contributed by atoms with Crippen molar-refractivity contribution >= 4 is 0 Å². The first-order valence-electron chi connectivity index (χ1n) is 15.8. The van der Waals surface area contributed by atoms with Crippen LogP contribution in [0, 0.1) is 23.7 Å². The fourth-order valence-electron chi connectivity index (χ4n) is 6.93. The standard InChI is InChI=1S/C34H54O2/c1-3-5-6-8-28-11-15-30(16-12-28)26-36-34-23-19-32(20-24-34)31-17-21-33(22-18-31)35-25-29-13-9-27(7-4-2)10-14-29/h9,13,19-20,23-24,27-31,33H,3-8,10-12,14-18,21-22,25-26H2,1-2H3. The summed E-state index contributed by atoms with van der Waals surface area (Å²) < 4.78 is 12.6. The van der Waals surface area contributed by atoms with Gasteiger partial charge in [0.15, 0.2) is 0 Å². The molecule has 202 valence electrons. The van der Waals surface area contributed by atoms with Gasteiger partial charge in [-0.3, -0.25) is 0 Å². The van der Waals surface area contributed by atoms with Crippen LogP contribution in [0.2, 0.25) is 0 Å². The third-order valence-corrected chi connectivity index (χ3v) is 9.46. The lowest BCUT2D eigenvalue weighted by molar-refractivity contribution is 0.00924. The lowest BCUT2D eigenvalue weighted by Gasteiger charge is -2.31. The molecule has 2 heteroatoms. The number of benzene rings is 1. The van der Waals surface area contributed by atoms with Crippen molar-refractivity contribution in [2.24, 2.45) is 23.7 Å². The van der Waals surface area contributed by atoms with Crippen LogP contribution in [-0.2, 0) is 4.74 Å². The largest absolute Gasteiger partial charge is 0.493 e. The van der Waals surface area contributed by atoms with Crippen molar-refractivity contribution in [3.8, 4) is 5.75 Å². The fraction of sp³-hybridized carbons (Fsp3) is 0.765. The summed E-state index contributed by atoms with van der Waals surface area (Å²) in [4.78, 5) is 0. The molecule has 1 aromatic carbocycles. The van der Waals surface area contributed by atoms with E-state index in [1.807, 2.05) is 0 Å². The highest BCUT2D eigenvalue weighted by molar-refractivity contribution is 5.29. The molecule has 0 N–H and O–H groups in total. The van der Waals surface area contributed by atoms with E-state index in [1.54, 1.807) is 0 Å². The first-order chi connectivity index (χ1) is 17.7. The zero-order chi connectivity index (χ0) is 25.0. The number of allylic oxidation sites excluding steroid dienone is 1. The molecule has 0 amide bonds. The molecule has 0 aliphatic heterocycles. The maximum Gasteiger partial charge on any atom is 0.119 e. The lowest BCUT2D eigenvalue weighted by Crippen LogP contribution is -2.24. The van der Waals surface area contributed by atoms with Crippen molar-refractivity contribution in [2.75, 3.05) is 13.2 Å². The van der Waals surface area contributed by atoms with Crippen LogP contribution >= 0.6 is 0 Å². The van der Waals surface area contributed by atoms with E-state index in [9.17, 15) is 0 Å². The Morgan fingerprint density at radius 2 is 1.33 bits per heavy atom. The van der Waals surface area contributed by atoms with Crippen LogP contribution in [0.4, 0.5) is 0 Å². The van der Waals surface area contributed by atoms with Gasteiger partial charge < -0.3 is 9.47 Å². The van der Waals surface area contributed by atoms with Crippen LogP contribution in [-0.4, -0.2) is 19.3 Å². The molecule has 4 rings (SSSR count). The summed E-state index contributed by atoms with van der Waals surface area (Å²) in [5, 5.41) is 0. The maximum atomic E-state index is 6.37. The van der Waals surface area contributed by atoms with Crippen LogP contribution in [0.3, 0.4) is 0 Å². The molecular weight excluding hydrogens is 440 g/mol. The second kappa shape index (κ2) is 15.2. The molecule has 0 saturated heterocycles. The van der Waals surface area contributed by atoms with Crippen molar-refractivity contribution in [1.29, 1.82) is 0 Å². The minimum absolute atomic E-state index is 0.465. The first-order valence-corrected chi connectivity index (χ1v) is 15.8. The second-order valence-corrected chi connectivity index (χ2v) is 12.3. The van der Waals surface area contributed by atoms with Crippen molar-refractivity contribution in [3.63, 3.8) is 0 Å². The van der Waals surface area contributed by atoms with E-state index < -0.39 is 0 Å². The van der Waals surface area contributed by atoms with E-state index in [2.05, 4.69) is 50.3 Å². The SMILES string of the molecule is CCCCCC1CCC(COc2ccc(C3CCC(OCC4C=CC(CCC)CC4)CC3)cc2)CC1. The Morgan fingerprint density at radius 1 is 0.639 bits per heavy atom. The van der Waals surface area contributed by atoms with Crippen LogP contribution in [0.1, 0.15) is 128 Å². The summed E-state index contributed by atoms with van der Waals surface area (Å²) in [6, 6.07) is 9.09. The van der Waals surface area contributed by atoms with Gasteiger partial charge in [-0.2, -0.15) is 0 Å². The van der Waals surface area contributed by atoms with Gasteiger partial charge in [0.2, 0.25) is 0 Å². The summed E-state index contributed by atoms with van der Waals surface area (Å²) >= 11 is 0. The highest BCUT2D eigenvalue weighted by atomic mass is 16.5. The topological polar surface area (TPSA) is 18.5 Å². The van der Waals surface area contributed by atoms with Crippen molar-refractivity contribution in [1.82, 2.24) is 0 Å². The predicted molar refractivity (Wildman–Crippen MR) is 153 cm³/mol. The molecule has 3 aliphatic rings. The summed E-state index contributed by atoms with van der Waals surface area (Å²) in [5.74, 6) is 4.94. The van der Waals surface area contributed by atoms with Crippen molar-refractivity contribution in [2.45, 2.75) is 129 Å². The molecule has 0 radical (unpaired) electrons. The molecule has 1 aromatic rings. The van der Waals surface area contributed by atoms with Crippen molar-refractivity contribution < 1.29 is 9.47 Å². The predicted octanol–water partition coefficient (Wildman–Crippen LogP) is 9.88. The maximum absolute atomic E-state index is 6.37. The van der Waals surface area contributed by atoms with E-state index in [-0.39, 0.29) is 0 Å². The molecule has 2 fully saturated rings. The van der Waals surface area contributed by atoms with Gasteiger partial charge in [0.25, 0.3) is 0 Å². The Hall–Kier alpha value is -1.28. The molecule has 0 heterocycles. The number of unbranched alkanes of at least 4 members (excludes halogenated alkanes) is 2. The quantitative estimate of drug-likeness (QED) is 0.201. The first kappa shape index (κ1) is 27.7. The lowest BCUT2D eigenvalue weighted by atomic mass is 9.80. The molecule has 2 atom stereocenters. The highest BCUT2D eigenvalue weighted by Crippen LogP contribution is 2.36. The minimum Gasteiger partial charge on any atom is -0.493 e. The Bertz CT molecular complexity index is 737. The third kappa shape index (κ3) is 8.93. The van der Waals surface area contributed by atoms with E-state index in [0.717, 1.165) is 36.7 Å². The van der Waals surface area contributed by atoms with Gasteiger partial charge in [-0.15, -0.1) is 0 Å². The van der Waals surface area contributed by atoms with Crippen LogP contribution in [0.15, 0.2) is 36.4 Å². The van der Waals surface area contributed by atoms with Gasteiger partial charge in [-0.1, -0.05) is 83.1 Å². The average molecular weight is 495 g/mol.